The minimum Gasteiger partial charge on any atom is -0.481 e. The molecule has 1 rings (SSSR count). The molecule has 0 aliphatic heterocycles. The Labute approximate surface area is 121 Å². The summed E-state index contributed by atoms with van der Waals surface area (Å²) in [6.07, 6.45) is 2.06. The third-order valence-corrected chi connectivity index (χ3v) is 5.03. The third kappa shape index (κ3) is 7.69. The smallest absolute Gasteiger partial charge is 0.304 e. The molecule has 1 fully saturated rings. The molecule has 1 aliphatic rings. The second kappa shape index (κ2) is 9.50. The van der Waals surface area contributed by atoms with E-state index in [4.69, 9.17) is 9.84 Å². The summed E-state index contributed by atoms with van der Waals surface area (Å²) < 4.78 is 5.46. The molecule has 0 aromatic heterocycles. The molecule has 0 spiro atoms. The summed E-state index contributed by atoms with van der Waals surface area (Å²) in [5.74, 6) is 0.986. The van der Waals surface area contributed by atoms with Crippen molar-refractivity contribution in [3.05, 3.63) is 0 Å². The van der Waals surface area contributed by atoms with Crippen LogP contribution in [0.3, 0.4) is 0 Å². The van der Waals surface area contributed by atoms with Crippen LogP contribution in [-0.2, 0) is 14.3 Å². The fraction of sp³-hybridized carbons (Fsp3) is 0.833. The Morgan fingerprint density at radius 3 is 2.63 bits per heavy atom. The standard InChI is InChI=1S/C12H21NO4S2/c1-2-17-11(9-3-4-9)12(16)13-6-8-19-18-7-5-10(14)15/h9,11H,2-8H2,1H3,(H,13,16)(H,14,15). The zero-order chi connectivity index (χ0) is 14.1. The molecule has 1 saturated carbocycles. The molecule has 0 aromatic rings. The molecule has 0 aromatic carbocycles. The SMILES string of the molecule is CCOC(C(=O)NCCSSCCC(=O)O)C1CC1. The van der Waals surface area contributed by atoms with Crippen LogP contribution in [0.15, 0.2) is 0 Å². The first-order chi connectivity index (χ1) is 9.15. The normalized spacial score (nSPS) is 16.1. The van der Waals surface area contributed by atoms with Crippen molar-refractivity contribution in [3.63, 3.8) is 0 Å². The van der Waals surface area contributed by atoms with Gasteiger partial charge in [-0.15, -0.1) is 0 Å². The Morgan fingerprint density at radius 1 is 1.37 bits per heavy atom. The van der Waals surface area contributed by atoms with Crippen molar-refractivity contribution in [2.24, 2.45) is 5.92 Å². The van der Waals surface area contributed by atoms with E-state index in [1.54, 1.807) is 10.8 Å². The van der Waals surface area contributed by atoms with E-state index < -0.39 is 5.97 Å². The van der Waals surface area contributed by atoms with E-state index >= 15 is 0 Å². The lowest BCUT2D eigenvalue weighted by atomic mass is 10.2. The Hall–Kier alpha value is -0.400. The number of amides is 1. The number of nitrogens with one attached hydrogen (secondary N) is 1. The van der Waals surface area contributed by atoms with Gasteiger partial charge in [-0.05, 0) is 25.7 Å². The lowest BCUT2D eigenvalue weighted by Gasteiger charge is -2.15. The predicted octanol–water partition coefficient (Wildman–Crippen LogP) is 1.77. The van der Waals surface area contributed by atoms with Gasteiger partial charge in [-0.1, -0.05) is 21.6 Å². The van der Waals surface area contributed by atoms with Crippen LogP contribution in [0.1, 0.15) is 26.2 Å². The van der Waals surface area contributed by atoms with Gasteiger partial charge in [-0.25, -0.2) is 0 Å². The maximum Gasteiger partial charge on any atom is 0.304 e. The number of hydrogen-bond acceptors (Lipinski definition) is 5. The third-order valence-electron chi connectivity index (χ3n) is 2.62. The molecule has 0 radical (unpaired) electrons. The molecular weight excluding hydrogens is 286 g/mol. The number of carboxylic acid groups (broad SMARTS) is 1. The second-order valence-electron chi connectivity index (χ2n) is 4.29. The predicted molar refractivity (Wildman–Crippen MR) is 78.3 cm³/mol. The maximum absolute atomic E-state index is 11.9. The van der Waals surface area contributed by atoms with Crippen molar-refractivity contribution in [1.29, 1.82) is 0 Å². The first-order valence-electron chi connectivity index (χ1n) is 6.50. The van der Waals surface area contributed by atoms with Gasteiger partial charge < -0.3 is 15.2 Å². The zero-order valence-electron chi connectivity index (χ0n) is 11.1. The van der Waals surface area contributed by atoms with E-state index in [-0.39, 0.29) is 18.4 Å². The number of carboxylic acids is 1. The summed E-state index contributed by atoms with van der Waals surface area (Å²) in [5.41, 5.74) is 0. The topological polar surface area (TPSA) is 75.6 Å². The zero-order valence-corrected chi connectivity index (χ0v) is 12.7. The lowest BCUT2D eigenvalue weighted by molar-refractivity contribution is -0.136. The number of aliphatic carboxylic acids is 1. The largest absolute Gasteiger partial charge is 0.481 e. The first kappa shape index (κ1) is 16.7. The molecule has 1 unspecified atom stereocenters. The minimum absolute atomic E-state index is 0.0134. The highest BCUT2D eigenvalue weighted by atomic mass is 33.1. The van der Waals surface area contributed by atoms with Crippen LogP contribution in [0.2, 0.25) is 0 Å². The van der Waals surface area contributed by atoms with Crippen molar-refractivity contribution in [1.82, 2.24) is 5.32 Å². The van der Waals surface area contributed by atoms with E-state index in [0.29, 0.717) is 24.8 Å². The van der Waals surface area contributed by atoms with Crippen LogP contribution in [-0.4, -0.2) is 47.7 Å². The molecule has 5 nitrogen and oxygen atoms in total. The molecule has 0 saturated heterocycles. The number of ether oxygens (including phenoxy) is 1. The lowest BCUT2D eigenvalue weighted by Crippen LogP contribution is -2.38. The van der Waals surface area contributed by atoms with Gasteiger partial charge in [0.2, 0.25) is 5.91 Å². The molecule has 1 amide bonds. The summed E-state index contributed by atoms with van der Waals surface area (Å²) in [6, 6.07) is 0. The molecule has 19 heavy (non-hydrogen) atoms. The summed E-state index contributed by atoms with van der Waals surface area (Å²) in [7, 11) is 3.11. The van der Waals surface area contributed by atoms with Gasteiger partial charge in [0.1, 0.15) is 6.10 Å². The quantitative estimate of drug-likeness (QED) is 0.447. The van der Waals surface area contributed by atoms with Crippen molar-refractivity contribution in [2.45, 2.75) is 32.3 Å². The Bertz CT molecular complexity index is 297. The number of rotatable bonds is 11. The Kier molecular flexibility index (Phi) is 8.32. The average molecular weight is 307 g/mol. The van der Waals surface area contributed by atoms with Crippen molar-refractivity contribution < 1.29 is 19.4 Å². The van der Waals surface area contributed by atoms with Gasteiger partial charge >= 0.3 is 5.97 Å². The Morgan fingerprint density at radius 2 is 2.05 bits per heavy atom. The summed E-state index contributed by atoms with van der Waals surface area (Å²) in [5, 5.41) is 11.3. The van der Waals surface area contributed by atoms with Crippen LogP contribution in [0.5, 0.6) is 0 Å². The fourth-order valence-electron chi connectivity index (χ4n) is 1.57. The van der Waals surface area contributed by atoms with Gasteiger partial charge in [0, 0.05) is 24.7 Å². The van der Waals surface area contributed by atoms with E-state index in [1.807, 2.05) is 6.92 Å². The molecule has 1 aliphatic carbocycles. The maximum atomic E-state index is 11.9. The molecule has 7 heteroatoms. The van der Waals surface area contributed by atoms with E-state index in [0.717, 1.165) is 18.6 Å². The van der Waals surface area contributed by atoms with Gasteiger partial charge in [-0.3, -0.25) is 9.59 Å². The fourth-order valence-corrected chi connectivity index (χ4v) is 3.45. The molecule has 2 N–H and O–H groups in total. The van der Waals surface area contributed by atoms with Gasteiger partial charge in [0.05, 0.1) is 6.42 Å². The molecular formula is C12H21NO4S2. The van der Waals surface area contributed by atoms with E-state index in [1.165, 1.54) is 10.8 Å². The second-order valence-corrected chi connectivity index (χ2v) is 6.99. The van der Waals surface area contributed by atoms with E-state index in [9.17, 15) is 9.59 Å². The van der Waals surface area contributed by atoms with Crippen LogP contribution in [0.25, 0.3) is 0 Å². The highest BCUT2D eigenvalue weighted by Gasteiger charge is 2.36. The van der Waals surface area contributed by atoms with Crippen LogP contribution in [0.4, 0.5) is 0 Å². The van der Waals surface area contributed by atoms with Crippen LogP contribution in [0, 0.1) is 5.92 Å². The van der Waals surface area contributed by atoms with Crippen molar-refractivity contribution in [2.75, 3.05) is 24.7 Å². The number of carbonyl (C=O) groups is 2. The summed E-state index contributed by atoms with van der Waals surface area (Å²) >= 11 is 0. The highest BCUT2D eigenvalue weighted by Crippen LogP contribution is 2.34. The van der Waals surface area contributed by atoms with Crippen LogP contribution >= 0.6 is 21.6 Å². The molecule has 0 heterocycles. The summed E-state index contributed by atoms with van der Waals surface area (Å²) in [6.45, 7) is 3.06. The van der Waals surface area contributed by atoms with E-state index in [2.05, 4.69) is 5.32 Å². The highest BCUT2D eigenvalue weighted by molar-refractivity contribution is 8.76. The number of hydrogen-bond donors (Lipinski definition) is 2. The average Bonchev–Trinajstić information content (AvgIpc) is 3.18. The van der Waals surface area contributed by atoms with Crippen LogP contribution < -0.4 is 5.32 Å². The van der Waals surface area contributed by atoms with Crippen molar-refractivity contribution >= 4 is 33.5 Å². The molecule has 0 bridgehead atoms. The summed E-state index contributed by atoms with van der Waals surface area (Å²) in [4.78, 5) is 22.2. The molecule has 110 valence electrons. The monoisotopic (exact) mass is 307 g/mol. The minimum atomic E-state index is -0.773. The van der Waals surface area contributed by atoms with Crippen molar-refractivity contribution in [3.8, 4) is 0 Å². The first-order valence-corrected chi connectivity index (χ1v) is 8.99. The van der Waals surface area contributed by atoms with Gasteiger partial charge in [0.25, 0.3) is 0 Å². The van der Waals surface area contributed by atoms with Gasteiger partial charge in [-0.2, -0.15) is 0 Å². The number of carbonyl (C=O) groups excluding carboxylic acids is 1. The Balaban J connectivity index is 2.01. The van der Waals surface area contributed by atoms with Gasteiger partial charge in [0.15, 0.2) is 0 Å². The molecule has 1 atom stereocenters.